The maximum atomic E-state index is 11.3. The fraction of sp³-hybridized carbons (Fsp3) is 0.750. The molecule has 0 aliphatic carbocycles. The van der Waals surface area contributed by atoms with E-state index in [-0.39, 0.29) is 18.4 Å². The first-order chi connectivity index (χ1) is 6.15. The van der Waals surface area contributed by atoms with Gasteiger partial charge < -0.3 is 15.3 Å². The summed E-state index contributed by atoms with van der Waals surface area (Å²) in [6.07, 6.45) is 0.574. The van der Waals surface area contributed by atoms with E-state index in [1.54, 1.807) is 11.9 Å². The Kier molecular flexibility index (Phi) is 3.25. The minimum absolute atomic E-state index is 0.0220. The quantitative estimate of drug-likeness (QED) is 0.601. The first-order valence-electron chi connectivity index (χ1n) is 4.30. The molecule has 1 heterocycles. The summed E-state index contributed by atoms with van der Waals surface area (Å²) in [6, 6.07) is 0. The zero-order chi connectivity index (χ0) is 9.84. The molecule has 1 amide bonds. The highest BCUT2D eigenvalue weighted by molar-refractivity contribution is 5.80. The first kappa shape index (κ1) is 9.98. The highest BCUT2D eigenvalue weighted by atomic mass is 16.4. The number of carbonyl (C=O) groups is 2. The molecule has 1 unspecified atom stereocenters. The van der Waals surface area contributed by atoms with Crippen molar-refractivity contribution in [3.05, 3.63) is 0 Å². The highest BCUT2D eigenvalue weighted by Crippen LogP contribution is 2.15. The average molecular weight is 186 g/mol. The van der Waals surface area contributed by atoms with Gasteiger partial charge in [-0.3, -0.25) is 9.59 Å². The zero-order valence-corrected chi connectivity index (χ0v) is 7.62. The minimum atomic E-state index is -0.806. The summed E-state index contributed by atoms with van der Waals surface area (Å²) in [5, 5.41) is 11.4. The van der Waals surface area contributed by atoms with Gasteiger partial charge in [0, 0.05) is 13.1 Å². The number of aliphatic carboxylic acids is 1. The van der Waals surface area contributed by atoms with E-state index in [0.29, 0.717) is 19.5 Å². The normalized spacial score (nSPS) is 21.9. The van der Waals surface area contributed by atoms with E-state index in [1.807, 2.05) is 0 Å². The average Bonchev–Trinajstić information content (AvgIpc) is 2.52. The van der Waals surface area contributed by atoms with Crippen molar-refractivity contribution in [3.63, 3.8) is 0 Å². The highest BCUT2D eigenvalue weighted by Gasteiger charge is 2.30. The molecule has 1 aliphatic rings. The molecule has 5 heteroatoms. The maximum Gasteiger partial charge on any atom is 0.308 e. The number of hydrogen-bond donors (Lipinski definition) is 2. The van der Waals surface area contributed by atoms with Crippen LogP contribution in [0.25, 0.3) is 0 Å². The Labute approximate surface area is 76.7 Å². The van der Waals surface area contributed by atoms with Gasteiger partial charge in [0.2, 0.25) is 5.91 Å². The third-order valence-electron chi connectivity index (χ3n) is 2.22. The fourth-order valence-corrected chi connectivity index (χ4v) is 1.45. The van der Waals surface area contributed by atoms with Crippen LogP contribution in [0.15, 0.2) is 0 Å². The van der Waals surface area contributed by atoms with Crippen molar-refractivity contribution in [2.24, 2.45) is 5.92 Å². The third kappa shape index (κ3) is 2.42. The Morgan fingerprint density at radius 3 is 2.77 bits per heavy atom. The number of carboxylic acids is 1. The topological polar surface area (TPSA) is 69.6 Å². The minimum Gasteiger partial charge on any atom is -0.481 e. The summed E-state index contributed by atoms with van der Waals surface area (Å²) in [5.41, 5.74) is 0. The van der Waals surface area contributed by atoms with Gasteiger partial charge in [0.15, 0.2) is 0 Å². The number of likely N-dealkylation sites (N-methyl/N-ethyl adjacent to an activating group) is 1. The van der Waals surface area contributed by atoms with Gasteiger partial charge in [-0.25, -0.2) is 0 Å². The number of carbonyl (C=O) groups excluding carboxylic acids is 1. The molecule has 1 rings (SSSR count). The Balaban J connectivity index is 2.40. The lowest BCUT2D eigenvalue weighted by atomic mass is 10.1. The van der Waals surface area contributed by atoms with Crippen LogP contribution in [-0.2, 0) is 9.59 Å². The number of nitrogens with one attached hydrogen (secondary N) is 1. The van der Waals surface area contributed by atoms with Crippen LogP contribution in [0.5, 0.6) is 0 Å². The summed E-state index contributed by atoms with van der Waals surface area (Å²) in [7, 11) is 1.70. The number of likely N-dealkylation sites (tertiary alicyclic amines) is 1. The summed E-state index contributed by atoms with van der Waals surface area (Å²) in [4.78, 5) is 23.5. The third-order valence-corrected chi connectivity index (χ3v) is 2.22. The molecule has 5 nitrogen and oxygen atoms in total. The molecular formula is C8H14N2O3. The van der Waals surface area contributed by atoms with E-state index in [1.165, 1.54) is 0 Å². The van der Waals surface area contributed by atoms with Gasteiger partial charge in [-0.1, -0.05) is 0 Å². The van der Waals surface area contributed by atoms with Crippen molar-refractivity contribution in [1.29, 1.82) is 0 Å². The second kappa shape index (κ2) is 4.23. The molecule has 0 saturated carbocycles. The van der Waals surface area contributed by atoms with Crippen LogP contribution in [0.2, 0.25) is 0 Å². The van der Waals surface area contributed by atoms with E-state index in [9.17, 15) is 9.59 Å². The van der Waals surface area contributed by atoms with E-state index < -0.39 is 5.97 Å². The number of hydrogen-bond acceptors (Lipinski definition) is 3. The summed E-state index contributed by atoms with van der Waals surface area (Å²) >= 11 is 0. The van der Waals surface area contributed by atoms with Gasteiger partial charge >= 0.3 is 5.97 Å². The molecule has 0 bridgehead atoms. The largest absolute Gasteiger partial charge is 0.481 e. The molecule has 0 radical (unpaired) electrons. The van der Waals surface area contributed by atoms with Crippen molar-refractivity contribution in [3.8, 4) is 0 Å². The van der Waals surface area contributed by atoms with Crippen LogP contribution in [0.3, 0.4) is 0 Å². The van der Waals surface area contributed by atoms with Crippen molar-refractivity contribution in [2.45, 2.75) is 6.42 Å². The molecular weight excluding hydrogens is 172 g/mol. The molecule has 2 N–H and O–H groups in total. The van der Waals surface area contributed by atoms with Crippen LogP contribution in [0, 0.1) is 5.92 Å². The molecule has 1 atom stereocenters. The smallest absolute Gasteiger partial charge is 0.308 e. The summed E-state index contributed by atoms with van der Waals surface area (Å²) < 4.78 is 0. The van der Waals surface area contributed by atoms with E-state index in [0.717, 1.165) is 0 Å². The van der Waals surface area contributed by atoms with Crippen LogP contribution in [-0.4, -0.2) is 48.6 Å². The molecule has 1 saturated heterocycles. The molecule has 1 fully saturated rings. The summed E-state index contributed by atoms with van der Waals surface area (Å²) in [6.45, 7) is 1.21. The molecule has 0 aromatic carbocycles. The summed E-state index contributed by atoms with van der Waals surface area (Å²) in [5.74, 6) is -1.20. The monoisotopic (exact) mass is 186 g/mol. The van der Waals surface area contributed by atoms with Crippen molar-refractivity contribution in [1.82, 2.24) is 10.2 Å². The van der Waals surface area contributed by atoms with Crippen LogP contribution >= 0.6 is 0 Å². The second-order valence-electron chi connectivity index (χ2n) is 3.19. The number of rotatable bonds is 3. The second-order valence-corrected chi connectivity index (χ2v) is 3.19. The van der Waals surface area contributed by atoms with Gasteiger partial charge in [0.1, 0.15) is 0 Å². The predicted molar refractivity (Wildman–Crippen MR) is 46.2 cm³/mol. The number of amides is 1. The Bertz CT molecular complexity index is 217. The van der Waals surface area contributed by atoms with E-state index in [4.69, 9.17) is 5.11 Å². The lowest BCUT2D eigenvalue weighted by Gasteiger charge is -2.14. The van der Waals surface area contributed by atoms with E-state index in [2.05, 4.69) is 5.32 Å². The van der Waals surface area contributed by atoms with Crippen molar-refractivity contribution >= 4 is 11.9 Å². The zero-order valence-electron chi connectivity index (χ0n) is 7.62. The molecule has 0 spiro atoms. The van der Waals surface area contributed by atoms with Gasteiger partial charge in [-0.15, -0.1) is 0 Å². The molecule has 13 heavy (non-hydrogen) atoms. The first-order valence-corrected chi connectivity index (χ1v) is 4.30. The van der Waals surface area contributed by atoms with Gasteiger partial charge in [0.25, 0.3) is 0 Å². The standard InChI is InChI=1S/C8H14N2O3/c1-9-4-7(11)10-3-2-6(5-10)8(12)13/h6,9H,2-5H2,1H3,(H,12,13). The Hall–Kier alpha value is -1.10. The Morgan fingerprint density at radius 2 is 2.31 bits per heavy atom. The lowest BCUT2D eigenvalue weighted by Crippen LogP contribution is -2.36. The predicted octanol–water partition coefficient (Wildman–Crippen LogP) is -0.861. The van der Waals surface area contributed by atoms with Gasteiger partial charge in [-0.2, -0.15) is 0 Å². The van der Waals surface area contributed by atoms with Crippen molar-refractivity contribution in [2.75, 3.05) is 26.7 Å². The SMILES string of the molecule is CNCC(=O)N1CCC(C(=O)O)C1. The molecule has 0 aromatic heterocycles. The van der Waals surface area contributed by atoms with Crippen LogP contribution in [0.1, 0.15) is 6.42 Å². The van der Waals surface area contributed by atoms with Crippen LogP contribution < -0.4 is 5.32 Å². The molecule has 0 aromatic rings. The maximum absolute atomic E-state index is 11.3. The van der Waals surface area contributed by atoms with Gasteiger partial charge in [0.05, 0.1) is 12.5 Å². The van der Waals surface area contributed by atoms with Crippen LogP contribution in [0.4, 0.5) is 0 Å². The molecule has 1 aliphatic heterocycles. The molecule has 74 valence electrons. The lowest BCUT2D eigenvalue weighted by molar-refractivity contribution is -0.141. The van der Waals surface area contributed by atoms with E-state index >= 15 is 0 Å². The van der Waals surface area contributed by atoms with Crippen molar-refractivity contribution < 1.29 is 14.7 Å². The van der Waals surface area contributed by atoms with Gasteiger partial charge in [-0.05, 0) is 13.5 Å². The Morgan fingerprint density at radius 1 is 1.62 bits per heavy atom. The fourth-order valence-electron chi connectivity index (χ4n) is 1.45. The number of nitrogens with zero attached hydrogens (tertiary/aromatic N) is 1. The number of carboxylic acid groups (broad SMARTS) is 1.